The molecule has 0 saturated carbocycles. The van der Waals surface area contributed by atoms with Crippen molar-refractivity contribution in [2.45, 2.75) is 30.7 Å². The Bertz CT molecular complexity index is 1110. The number of fused-ring (bicyclic) bond motifs is 1. The highest BCUT2D eigenvalue weighted by Crippen LogP contribution is 2.37. The molecule has 1 amide bonds. The summed E-state index contributed by atoms with van der Waals surface area (Å²) in [5.74, 6) is -0.910. The molecule has 0 spiro atoms. The van der Waals surface area contributed by atoms with Gasteiger partial charge in [0.05, 0.1) is 17.3 Å². The van der Waals surface area contributed by atoms with Crippen LogP contribution in [0.25, 0.3) is 0 Å². The number of nitrogens with one attached hydrogen (secondary N) is 1. The van der Waals surface area contributed by atoms with Crippen molar-refractivity contribution in [2.75, 3.05) is 31.5 Å². The Morgan fingerprint density at radius 3 is 2.50 bits per heavy atom. The number of carbonyl (C=O) groups excluding carboxylic acids is 1. The van der Waals surface area contributed by atoms with Gasteiger partial charge in [0.1, 0.15) is 10.8 Å². The first-order chi connectivity index (χ1) is 14.3. The Hall–Kier alpha value is -2.80. The van der Waals surface area contributed by atoms with Crippen LogP contribution >= 0.6 is 0 Å². The number of nitrogens with zero attached hydrogens (tertiary/aromatic N) is 4. The number of rotatable bonds is 4. The van der Waals surface area contributed by atoms with E-state index in [-0.39, 0.29) is 10.8 Å². The maximum atomic E-state index is 13.0. The molecule has 0 aliphatic carbocycles. The number of aromatic nitrogens is 1. The summed E-state index contributed by atoms with van der Waals surface area (Å²) >= 11 is 0. The number of benzene rings is 1. The molecular formula is C21H23N5O3S. The van der Waals surface area contributed by atoms with Crippen LogP contribution in [0, 0.1) is 11.3 Å². The Balaban J connectivity index is 1.57. The number of amides is 1. The van der Waals surface area contributed by atoms with E-state index in [0.29, 0.717) is 54.7 Å². The lowest BCUT2D eigenvalue weighted by molar-refractivity contribution is -0.116. The first-order valence-electron chi connectivity index (χ1n) is 9.86. The molecule has 0 radical (unpaired) electrons. The molecule has 9 heteroatoms. The van der Waals surface area contributed by atoms with Crippen LogP contribution in [0.4, 0.5) is 5.69 Å². The van der Waals surface area contributed by atoms with Crippen LogP contribution < -0.4 is 5.32 Å². The summed E-state index contributed by atoms with van der Waals surface area (Å²) in [4.78, 5) is 19.2. The highest BCUT2D eigenvalue weighted by molar-refractivity contribution is 7.89. The molecule has 4 rings (SSSR count). The fraction of sp³-hybridized carbons (Fsp3) is 0.381. The smallest absolute Gasteiger partial charge is 0.244 e. The number of hydrogen-bond acceptors (Lipinski definition) is 6. The third-order valence-electron chi connectivity index (χ3n) is 5.71. The van der Waals surface area contributed by atoms with E-state index < -0.39 is 15.9 Å². The second-order valence-electron chi connectivity index (χ2n) is 7.79. The molecule has 1 fully saturated rings. The van der Waals surface area contributed by atoms with Crippen LogP contribution in [0.1, 0.15) is 36.6 Å². The molecule has 2 aliphatic heterocycles. The molecule has 2 aromatic rings. The van der Waals surface area contributed by atoms with Gasteiger partial charge in [-0.3, -0.25) is 14.7 Å². The van der Waals surface area contributed by atoms with E-state index in [1.165, 1.54) is 16.6 Å². The predicted octanol–water partition coefficient (Wildman–Crippen LogP) is 1.75. The Labute approximate surface area is 176 Å². The number of anilines is 1. The first kappa shape index (κ1) is 20.5. The zero-order valence-corrected chi connectivity index (χ0v) is 17.7. The molecule has 3 heterocycles. The Kier molecular flexibility index (Phi) is 5.32. The van der Waals surface area contributed by atoms with Crippen LogP contribution in [0.5, 0.6) is 0 Å². The average molecular weight is 426 g/mol. The second kappa shape index (κ2) is 7.80. The average Bonchev–Trinajstić information content (AvgIpc) is 3.08. The lowest BCUT2D eigenvalue weighted by Crippen LogP contribution is -2.50. The SMILES string of the molecule is CC(C)N1CCN(S(=O)(=O)c2ccc(C3C(=O)Nc4ccc(C#N)cc43)nc2)CC1. The van der Waals surface area contributed by atoms with Crippen molar-refractivity contribution in [1.29, 1.82) is 5.26 Å². The largest absolute Gasteiger partial charge is 0.325 e. The van der Waals surface area contributed by atoms with E-state index in [2.05, 4.69) is 35.1 Å². The topological polar surface area (TPSA) is 106 Å². The lowest BCUT2D eigenvalue weighted by Gasteiger charge is -2.36. The Morgan fingerprint density at radius 2 is 1.90 bits per heavy atom. The van der Waals surface area contributed by atoms with Crippen LogP contribution in [-0.4, -0.2) is 60.7 Å². The van der Waals surface area contributed by atoms with Crippen LogP contribution in [0.15, 0.2) is 41.4 Å². The molecule has 1 aromatic carbocycles. The Morgan fingerprint density at radius 1 is 1.17 bits per heavy atom. The van der Waals surface area contributed by atoms with Gasteiger partial charge >= 0.3 is 0 Å². The van der Waals surface area contributed by atoms with Crippen LogP contribution in [0.3, 0.4) is 0 Å². The van der Waals surface area contributed by atoms with Gasteiger partial charge in [-0.1, -0.05) is 0 Å². The highest BCUT2D eigenvalue weighted by Gasteiger charge is 2.34. The molecule has 0 bridgehead atoms. The van der Waals surface area contributed by atoms with Gasteiger partial charge < -0.3 is 5.32 Å². The fourth-order valence-electron chi connectivity index (χ4n) is 3.95. The highest BCUT2D eigenvalue weighted by atomic mass is 32.2. The molecule has 156 valence electrons. The van der Waals surface area contributed by atoms with Gasteiger partial charge in [-0.2, -0.15) is 9.57 Å². The quantitative estimate of drug-likeness (QED) is 0.800. The minimum absolute atomic E-state index is 0.119. The fourth-order valence-corrected chi connectivity index (χ4v) is 5.32. The van der Waals surface area contributed by atoms with Crippen molar-refractivity contribution < 1.29 is 13.2 Å². The van der Waals surface area contributed by atoms with Gasteiger partial charge in [-0.25, -0.2) is 8.42 Å². The lowest BCUT2D eigenvalue weighted by atomic mass is 9.95. The number of sulfonamides is 1. The summed E-state index contributed by atoms with van der Waals surface area (Å²) in [6.07, 6.45) is 1.32. The molecule has 1 atom stereocenters. The normalized spacial score (nSPS) is 20.1. The molecule has 1 saturated heterocycles. The molecule has 30 heavy (non-hydrogen) atoms. The van der Waals surface area contributed by atoms with E-state index in [4.69, 9.17) is 5.26 Å². The number of carbonyl (C=O) groups is 1. The molecule has 1 aromatic heterocycles. The van der Waals surface area contributed by atoms with Crippen LogP contribution in [0.2, 0.25) is 0 Å². The number of nitriles is 1. The number of piperazine rings is 1. The summed E-state index contributed by atoms with van der Waals surface area (Å²) in [5, 5.41) is 11.9. The van der Waals surface area contributed by atoms with Crippen molar-refractivity contribution in [3.8, 4) is 6.07 Å². The maximum absolute atomic E-state index is 13.0. The van der Waals surface area contributed by atoms with Crippen molar-refractivity contribution in [3.63, 3.8) is 0 Å². The van der Waals surface area contributed by atoms with Crippen molar-refractivity contribution >= 4 is 21.6 Å². The summed E-state index contributed by atoms with van der Waals surface area (Å²) in [7, 11) is -3.64. The first-order valence-corrected chi connectivity index (χ1v) is 11.3. The van der Waals surface area contributed by atoms with Crippen molar-refractivity contribution in [1.82, 2.24) is 14.2 Å². The maximum Gasteiger partial charge on any atom is 0.244 e. The third kappa shape index (κ3) is 3.58. The van der Waals surface area contributed by atoms with Crippen molar-refractivity contribution in [2.24, 2.45) is 0 Å². The molecule has 2 aliphatic rings. The van der Waals surface area contributed by atoms with E-state index in [9.17, 15) is 13.2 Å². The monoisotopic (exact) mass is 425 g/mol. The second-order valence-corrected chi connectivity index (χ2v) is 9.73. The van der Waals surface area contributed by atoms with Gasteiger partial charge in [-0.05, 0) is 49.7 Å². The number of hydrogen-bond donors (Lipinski definition) is 1. The predicted molar refractivity (Wildman–Crippen MR) is 111 cm³/mol. The van der Waals surface area contributed by atoms with E-state index in [0.717, 1.165) is 0 Å². The molecular weight excluding hydrogens is 402 g/mol. The molecule has 1 unspecified atom stereocenters. The summed E-state index contributed by atoms with van der Waals surface area (Å²) in [6, 6.07) is 10.5. The minimum Gasteiger partial charge on any atom is -0.325 e. The summed E-state index contributed by atoms with van der Waals surface area (Å²) in [5.41, 5.74) is 2.22. The van der Waals surface area contributed by atoms with Crippen LogP contribution in [-0.2, 0) is 14.8 Å². The zero-order chi connectivity index (χ0) is 21.5. The molecule has 1 N–H and O–H groups in total. The van der Waals surface area contributed by atoms with Gasteiger partial charge in [0.15, 0.2) is 0 Å². The van der Waals surface area contributed by atoms with Gasteiger partial charge in [0, 0.05) is 44.1 Å². The zero-order valence-electron chi connectivity index (χ0n) is 16.9. The van der Waals surface area contributed by atoms with E-state index >= 15 is 0 Å². The summed E-state index contributed by atoms with van der Waals surface area (Å²) in [6.45, 7) is 6.48. The van der Waals surface area contributed by atoms with Gasteiger partial charge in [0.2, 0.25) is 15.9 Å². The number of pyridine rings is 1. The summed E-state index contributed by atoms with van der Waals surface area (Å²) < 4.78 is 27.5. The van der Waals surface area contributed by atoms with E-state index in [1.807, 2.05) is 0 Å². The molecule has 8 nitrogen and oxygen atoms in total. The van der Waals surface area contributed by atoms with Crippen molar-refractivity contribution in [3.05, 3.63) is 53.3 Å². The standard InChI is InChI=1S/C21H23N5O3S/c1-14(2)25-7-9-26(10-8-25)30(28,29)16-4-6-19(23-13-16)20-17-11-15(12-22)3-5-18(17)24-21(20)27/h3-6,11,13-14,20H,7-10H2,1-2H3,(H,24,27). The van der Waals surface area contributed by atoms with Gasteiger partial charge in [-0.15, -0.1) is 0 Å². The minimum atomic E-state index is -3.64. The third-order valence-corrected chi connectivity index (χ3v) is 7.59. The van der Waals surface area contributed by atoms with E-state index in [1.54, 1.807) is 24.3 Å². The van der Waals surface area contributed by atoms with Gasteiger partial charge in [0.25, 0.3) is 0 Å².